The number of nitrogens with zero attached hydrogens (tertiary/aromatic N) is 2. The first-order chi connectivity index (χ1) is 16.5. The summed E-state index contributed by atoms with van der Waals surface area (Å²) in [6, 6.07) is 15.8. The minimum atomic E-state index is -1.03. The number of fused-ring (bicyclic) bond motifs is 1. The Bertz CT molecular complexity index is 1150. The van der Waals surface area contributed by atoms with Crippen LogP contribution in [0, 0.1) is 6.92 Å². The van der Waals surface area contributed by atoms with Gasteiger partial charge in [-0.05, 0) is 56.5 Å². The molecule has 1 N–H and O–H groups in total. The maximum absolute atomic E-state index is 13.9. The van der Waals surface area contributed by atoms with Crippen molar-refractivity contribution in [3.63, 3.8) is 0 Å². The van der Waals surface area contributed by atoms with Gasteiger partial charge in [-0.3, -0.25) is 9.59 Å². The molecule has 3 heterocycles. The molecule has 0 bridgehead atoms. The Kier molecular flexibility index (Phi) is 6.07. The molecule has 178 valence electrons. The molecule has 2 aliphatic rings. The number of aromatic nitrogens is 1. The molecule has 1 saturated carbocycles. The van der Waals surface area contributed by atoms with Crippen molar-refractivity contribution in [1.82, 2.24) is 14.8 Å². The van der Waals surface area contributed by atoms with E-state index in [2.05, 4.69) is 5.32 Å². The van der Waals surface area contributed by atoms with E-state index in [0.29, 0.717) is 24.5 Å². The SMILES string of the molecule is Cc1ccc(CN2C(=O)c3ccc(-c4ccco4)n3C[C@]2(C)C(=O)NC2CCCCCC2)cc1. The number of rotatable bonds is 5. The second-order valence-electron chi connectivity index (χ2n) is 9.98. The number of nitrogens with one attached hydrogen (secondary N) is 1. The lowest BCUT2D eigenvalue weighted by atomic mass is 9.92. The Balaban J connectivity index is 1.51. The normalized spacial score (nSPS) is 21.2. The Morgan fingerprint density at radius 1 is 1.03 bits per heavy atom. The number of aryl methyl sites for hydroxylation is 1. The van der Waals surface area contributed by atoms with Crippen molar-refractivity contribution in [3.8, 4) is 11.5 Å². The summed E-state index contributed by atoms with van der Waals surface area (Å²) in [7, 11) is 0. The van der Waals surface area contributed by atoms with Crippen LogP contribution in [-0.4, -0.2) is 32.9 Å². The zero-order valence-electron chi connectivity index (χ0n) is 20.0. The van der Waals surface area contributed by atoms with Crippen LogP contribution < -0.4 is 5.32 Å². The summed E-state index contributed by atoms with van der Waals surface area (Å²) in [6.45, 7) is 4.71. The van der Waals surface area contributed by atoms with E-state index in [-0.39, 0.29) is 17.9 Å². The lowest BCUT2D eigenvalue weighted by molar-refractivity contribution is -0.134. The van der Waals surface area contributed by atoms with Crippen LogP contribution in [0.2, 0.25) is 0 Å². The van der Waals surface area contributed by atoms with E-state index in [4.69, 9.17) is 4.42 Å². The first kappa shape index (κ1) is 22.5. The van der Waals surface area contributed by atoms with Crippen molar-refractivity contribution >= 4 is 11.8 Å². The molecule has 1 aliphatic carbocycles. The van der Waals surface area contributed by atoms with Gasteiger partial charge in [-0.2, -0.15) is 0 Å². The zero-order chi connectivity index (χ0) is 23.7. The van der Waals surface area contributed by atoms with Gasteiger partial charge in [0.2, 0.25) is 5.91 Å². The first-order valence-corrected chi connectivity index (χ1v) is 12.4. The number of benzene rings is 1. The fourth-order valence-electron chi connectivity index (χ4n) is 5.30. The van der Waals surface area contributed by atoms with Gasteiger partial charge in [0.25, 0.3) is 5.91 Å². The van der Waals surface area contributed by atoms with Gasteiger partial charge in [0.15, 0.2) is 0 Å². The summed E-state index contributed by atoms with van der Waals surface area (Å²) in [5, 5.41) is 3.32. The van der Waals surface area contributed by atoms with Crippen LogP contribution in [-0.2, 0) is 17.9 Å². The maximum Gasteiger partial charge on any atom is 0.271 e. The minimum Gasteiger partial charge on any atom is -0.463 e. The van der Waals surface area contributed by atoms with Crippen LogP contribution in [0.1, 0.15) is 67.1 Å². The van der Waals surface area contributed by atoms with Gasteiger partial charge in [-0.1, -0.05) is 55.5 Å². The van der Waals surface area contributed by atoms with Crippen LogP contribution in [0.3, 0.4) is 0 Å². The molecule has 1 fully saturated rings. The highest BCUT2D eigenvalue weighted by molar-refractivity contribution is 6.00. The molecule has 34 heavy (non-hydrogen) atoms. The van der Waals surface area contributed by atoms with Crippen molar-refractivity contribution in [3.05, 3.63) is 71.6 Å². The van der Waals surface area contributed by atoms with Gasteiger partial charge in [0.1, 0.15) is 17.0 Å². The molecule has 1 atom stereocenters. The standard InChI is InChI=1S/C28H33N3O3/c1-20-11-13-21(14-12-20)18-31-26(32)24-16-15-23(25-10-7-17-34-25)30(24)19-28(31,2)27(33)29-22-8-5-3-4-6-9-22/h7,10-17,22H,3-6,8-9,18-19H2,1-2H3,(H,29,33)/t28-/m1/s1. The molecule has 5 rings (SSSR count). The average molecular weight is 460 g/mol. The number of carbonyl (C=O) groups is 2. The number of furan rings is 1. The van der Waals surface area contributed by atoms with E-state index in [9.17, 15) is 9.59 Å². The summed E-state index contributed by atoms with van der Waals surface area (Å²) < 4.78 is 7.57. The van der Waals surface area contributed by atoms with E-state index < -0.39 is 5.54 Å². The van der Waals surface area contributed by atoms with Crippen LogP contribution >= 0.6 is 0 Å². The topological polar surface area (TPSA) is 67.5 Å². The summed E-state index contributed by atoms with van der Waals surface area (Å²) in [5.41, 5.74) is 2.55. The van der Waals surface area contributed by atoms with Gasteiger partial charge in [0, 0.05) is 12.6 Å². The highest BCUT2D eigenvalue weighted by Crippen LogP contribution is 2.34. The average Bonchev–Trinajstić information content (AvgIpc) is 3.43. The predicted octanol–water partition coefficient (Wildman–Crippen LogP) is 5.31. The molecule has 2 amide bonds. The lowest BCUT2D eigenvalue weighted by Crippen LogP contribution is -2.64. The van der Waals surface area contributed by atoms with E-state index in [1.807, 2.05) is 66.9 Å². The van der Waals surface area contributed by atoms with Crippen molar-refractivity contribution in [2.75, 3.05) is 0 Å². The maximum atomic E-state index is 13.9. The zero-order valence-corrected chi connectivity index (χ0v) is 20.0. The Labute approximate surface area is 200 Å². The Morgan fingerprint density at radius 3 is 2.41 bits per heavy atom. The van der Waals surface area contributed by atoms with Crippen molar-refractivity contribution in [2.45, 2.75) is 77.0 Å². The number of hydrogen-bond donors (Lipinski definition) is 1. The smallest absolute Gasteiger partial charge is 0.271 e. The van der Waals surface area contributed by atoms with Crippen molar-refractivity contribution in [2.24, 2.45) is 0 Å². The second kappa shape index (κ2) is 9.16. The molecular formula is C28H33N3O3. The molecule has 1 aromatic carbocycles. The summed E-state index contributed by atoms with van der Waals surface area (Å²) in [6.07, 6.45) is 8.35. The van der Waals surface area contributed by atoms with Gasteiger partial charge in [-0.25, -0.2) is 0 Å². The summed E-state index contributed by atoms with van der Waals surface area (Å²) >= 11 is 0. The largest absolute Gasteiger partial charge is 0.463 e. The highest BCUT2D eigenvalue weighted by atomic mass is 16.3. The van der Waals surface area contributed by atoms with Gasteiger partial charge >= 0.3 is 0 Å². The molecule has 0 spiro atoms. The van der Waals surface area contributed by atoms with Crippen LogP contribution in [0.25, 0.3) is 11.5 Å². The molecular weight excluding hydrogens is 426 g/mol. The highest BCUT2D eigenvalue weighted by Gasteiger charge is 2.48. The third-order valence-corrected chi connectivity index (χ3v) is 7.42. The van der Waals surface area contributed by atoms with Gasteiger partial charge < -0.3 is 19.2 Å². The molecule has 0 saturated heterocycles. The van der Waals surface area contributed by atoms with Crippen LogP contribution in [0.15, 0.2) is 59.2 Å². The van der Waals surface area contributed by atoms with Gasteiger partial charge in [0.05, 0.1) is 18.5 Å². The fraction of sp³-hybridized carbons (Fsp3) is 0.429. The second-order valence-corrected chi connectivity index (χ2v) is 9.98. The van der Waals surface area contributed by atoms with E-state index in [1.165, 1.54) is 18.4 Å². The fourth-order valence-corrected chi connectivity index (χ4v) is 5.30. The van der Waals surface area contributed by atoms with E-state index in [0.717, 1.165) is 36.9 Å². The van der Waals surface area contributed by atoms with Crippen LogP contribution in [0.4, 0.5) is 0 Å². The molecule has 0 radical (unpaired) electrons. The van der Waals surface area contributed by atoms with Crippen LogP contribution in [0.5, 0.6) is 0 Å². The van der Waals surface area contributed by atoms with E-state index in [1.54, 1.807) is 11.2 Å². The molecule has 1 aliphatic heterocycles. The quantitative estimate of drug-likeness (QED) is 0.526. The summed E-state index contributed by atoms with van der Waals surface area (Å²) in [4.78, 5) is 29.5. The third-order valence-electron chi connectivity index (χ3n) is 7.42. The number of amides is 2. The first-order valence-electron chi connectivity index (χ1n) is 12.4. The number of carbonyl (C=O) groups excluding carboxylic acids is 2. The lowest BCUT2D eigenvalue weighted by Gasteiger charge is -2.45. The van der Waals surface area contributed by atoms with Crippen molar-refractivity contribution < 1.29 is 14.0 Å². The minimum absolute atomic E-state index is 0.0791. The molecule has 6 heteroatoms. The van der Waals surface area contributed by atoms with Crippen molar-refractivity contribution in [1.29, 1.82) is 0 Å². The molecule has 2 aromatic heterocycles. The Morgan fingerprint density at radius 2 is 1.74 bits per heavy atom. The van der Waals surface area contributed by atoms with E-state index >= 15 is 0 Å². The Hall–Kier alpha value is -3.28. The van der Waals surface area contributed by atoms with Gasteiger partial charge in [-0.15, -0.1) is 0 Å². The number of hydrogen-bond acceptors (Lipinski definition) is 3. The predicted molar refractivity (Wildman–Crippen MR) is 131 cm³/mol. The molecule has 3 aromatic rings. The third kappa shape index (κ3) is 4.17. The summed E-state index contributed by atoms with van der Waals surface area (Å²) in [5.74, 6) is 0.477. The molecule has 0 unspecified atom stereocenters. The monoisotopic (exact) mass is 459 g/mol. The molecule has 6 nitrogen and oxygen atoms in total.